The molecule has 0 saturated carbocycles. The summed E-state index contributed by atoms with van der Waals surface area (Å²) in [4.78, 5) is 23.9. The summed E-state index contributed by atoms with van der Waals surface area (Å²) in [6, 6.07) is -1.83. The Morgan fingerprint density at radius 2 is 1.88 bits per heavy atom. The highest BCUT2D eigenvalue weighted by Gasteiger charge is 2.28. The monoisotopic (exact) mass is 246 g/mol. The van der Waals surface area contributed by atoms with Crippen LogP contribution in [0.4, 0.5) is 4.79 Å². The van der Waals surface area contributed by atoms with Crippen LogP contribution in [0, 0.1) is 0 Å². The number of likely N-dealkylation sites (tertiary alicyclic amines) is 1. The number of carbonyl (C=O) groups excluding carboxylic acids is 1. The predicted molar refractivity (Wildman–Crippen MR) is 58.5 cm³/mol. The number of urea groups is 1. The fraction of sp³-hybridized carbons (Fsp3) is 0.800. The van der Waals surface area contributed by atoms with E-state index in [1.54, 1.807) is 0 Å². The highest BCUT2D eigenvalue weighted by Crippen LogP contribution is 2.10. The van der Waals surface area contributed by atoms with Gasteiger partial charge in [-0.15, -0.1) is 0 Å². The van der Waals surface area contributed by atoms with E-state index in [0.717, 1.165) is 0 Å². The molecule has 1 fully saturated rings. The number of nitrogens with one attached hydrogen (secondary N) is 1. The molecule has 7 nitrogen and oxygen atoms in total. The highest BCUT2D eigenvalue weighted by atomic mass is 16.4. The van der Waals surface area contributed by atoms with E-state index < -0.39 is 30.3 Å². The second-order valence-electron chi connectivity index (χ2n) is 4.22. The molecule has 0 aliphatic carbocycles. The highest BCUT2D eigenvalue weighted by molar-refractivity contribution is 5.83. The van der Waals surface area contributed by atoms with Gasteiger partial charge in [-0.3, -0.25) is 0 Å². The molecule has 1 aliphatic rings. The van der Waals surface area contributed by atoms with Crippen LogP contribution in [0.2, 0.25) is 0 Å². The molecular formula is C10H18N2O5. The van der Waals surface area contributed by atoms with Gasteiger partial charge < -0.3 is 25.5 Å². The van der Waals surface area contributed by atoms with Crippen LogP contribution in [0.1, 0.15) is 19.8 Å². The lowest BCUT2D eigenvalue weighted by atomic mass is 10.1. The molecule has 1 aliphatic heterocycles. The van der Waals surface area contributed by atoms with Gasteiger partial charge >= 0.3 is 12.0 Å². The molecule has 0 aromatic rings. The van der Waals surface area contributed by atoms with E-state index >= 15 is 0 Å². The third-order valence-corrected chi connectivity index (χ3v) is 2.78. The van der Waals surface area contributed by atoms with Gasteiger partial charge in [0.15, 0.2) is 6.04 Å². The number of aliphatic hydroxyl groups is 2. The Morgan fingerprint density at radius 3 is 2.29 bits per heavy atom. The standard InChI is InChI=1S/C10H18N2O5/c1-6(13)8(9(15)16)11-10(17)12-4-2-7(14)3-5-12/h6-8,13-14H,2-5H2,1H3,(H,11,17)(H,15,16)/t6-,8+/m1/s1. The third-order valence-electron chi connectivity index (χ3n) is 2.78. The van der Waals surface area contributed by atoms with Gasteiger partial charge in [-0.2, -0.15) is 0 Å². The van der Waals surface area contributed by atoms with Gasteiger partial charge in [0.25, 0.3) is 0 Å². The van der Waals surface area contributed by atoms with Gasteiger partial charge in [-0.1, -0.05) is 0 Å². The van der Waals surface area contributed by atoms with E-state index in [0.29, 0.717) is 25.9 Å². The van der Waals surface area contributed by atoms with E-state index in [2.05, 4.69) is 5.32 Å². The number of piperidine rings is 1. The molecule has 2 amide bonds. The van der Waals surface area contributed by atoms with E-state index in [-0.39, 0.29) is 0 Å². The van der Waals surface area contributed by atoms with Gasteiger partial charge in [-0.05, 0) is 19.8 Å². The maximum Gasteiger partial charge on any atom is 0.328 e. The first kappa shape index (κ1) is 13.7. The Labute approximate surface area is 99.0 Å². The lowest BCUT2D eigenvalue weighted by Gasteiger charge is -2.31. The van der Waals surface area contributed by atoms with Crippen molar-refractivity contribution >= 4 is 12.0 Å². The smallest absolute Gasteiger partial charge is 0.328 e. The summed E-state index contributed by atoms with van der Waals surface area (Å²) in [5.41, 5.74) is 0. The zero-order valence-electron chi connectivity index (χ0n) is 9.67. The van der Waals surface area contributed by atoms with Gasteiger partial charge in [-0.25, -0.2) is 9.59 Å². The van der Waals surface area contributed by atoms with Gasteiger partial charge in [0.2, 0.25) is 0 Å². The molecule has 2 atom stereocenters. The summed E-state index contributed by atoms with van der Waals surface area (Å²) < 4.78 is 0. The molecule has 0 unspecified atom stereocenters. The van der Waals surface area contributed by atoms with Crippen LogP contribution in [0.25, 0.3) is 0 Å². The van der Waals surface area contributed by atoms with Crippen molar-refractivity contribution in [1.29, 1.82) is 0 Å². The Bertz CT molecular complexity index is 286. The quantitative estimate of drug-likeness (QED) is 0.510. The average molecular weight is 246 g/mol. The number of aliphatic hydroxyl groups excluding tert-OH is 2. The summed E-state index contributed by atoms with van der Waals surface area (Å²) in [5, 5.41) is 29.5. The first-order chi connectivity index (χ1) is 7.91. The molecular weight excluding hydrogens is 228 g/mol. The number of amides is 2. The summed E-state index contributed by atoms with van der Waals surface area (Å²) in [5.74, 6) is -1.27. The molecule has 7 heteroatoms. The first-order valence-electron chi connectivity index (χ1n) is 5.56. The summed E-state index contributed by atoms with van der Waals surface area (Å²) in [6.45, 7) is 2.08. The van der Waals surface area contributed by atoms with Crippen molar-refractivity contribution in [3.63, 3.8) is 0 Å². The molecule has 0 bridgehead atoms. The fourth-order valence-electron chi connectivity index (χ4n) is 1.68. The van der Waals surface area contributed by atoms with E-state index in [4.69, 9.17) is 5.11 Å². The minimum atomic E-state index is -1.31. The molecule has 0 aromatic carbocycles. The molecule has 1 heterocycles. The van der Waals surface area contributed by atoms with Crippen LogP contribution in [0.15, 0.2) is 0 Å². The van der Waals surface area contributed by atoms with Crippen LogP contribution in [-0.2, 0) is 4.79 Å². The molecule has 4 N–H and O–H groups in total. The number of nitrogens with zero attached hydrogens (tertiary/aromatic N) is 1. The van der Waals surface area contributed by atoms with Crippen LogP contribution in [0.3, 0.4) is 0 Å². The van der Waals surface area contributed by atoms with Crippen LogP contribution in [0.5, 0.6) is 0 Å². The lowest BCUT2D eigenvalue weighted by Crippen LogP contribution is -2.54. The number of hydrogen-bond donors (Lipinski definition) is 4. The number of aliphatic carboxylic acids is 1. The number of carbonyl (C=O) groups is 2. The van der Waals surface area contributed by atoms with Crippen LogP contribution < -0.4 is 5.32 Å². The maximum absolute atomic E-state index is 11.7. The first-order valence-corrected chi connectivity index (χ1v) is 5.56. The van der Waals surface area contributed by atoms with E-state index in [1.165, 1.54) is 11.8 Å². The SMILES string of the molecule is C[C@@H](O)[C@H](NC(=O)N1CCC(O)CC1)C(=O)O. The molecule has 1 rings (SSSR count). The molecule has 0 aromatic heterocycles. The van der Waals surface area contributed by atoms with Crippen molar-refractivity contribution < 1.29 is 24.9 Å². The second-order valence-corrected chi connectivity index (χ2v) is 4.22. The second kappa shape index (κ2) is 5.83. The van der Waals surface area contributed by atoms with Crippen molar-refractivity contribution in [2.24, 2.45) is 0 Å². The number of carboxylic acids is 1. The largest absolute Gasteiger partial charge is 0.480 e. The van der Waals surface area contributed by atoms with Crippen LogP contribution in [-0.4, -0.2) is 63.6 Å². The van der Waals surface area contributed by atoms with Crippen molar-refractivity contribution in [3.05, 3.63) is 0 Å². The van der Waals surface area contributed by atoms with Crippen molar-refractivity contribution in [2.45, 2.75) is 38.0 Å². The fourth-order valence-corrected chi connectivity index (χ4v) is 1.68. The Balaban J connectivity index is 2.50. The Morgan fingerprint density at radius 1 is 1.35 bits per heavy atom. The number of hydrogen-bond acceptors (Lipinski definition) is 4. The summed E-state index contributed by atoms with van der Waals surface area (Å²) in [6.07, 6.45) is -0.586. The molecule has 0 spiro atoms. The minimum absolute atomic E-state index is 0.388. The van der Waals surface area contributed by atoms with Crippen LogP contribution >= 0.6 is 0 Å². The van der Waals surface area contributed by atoms with Gasteiger partial charge in [0, 0.05) is 13.1 Å². The maximum atomic E-state index is 11.7. The molecule has 17 heavy (non-hydrogen) atoms. The summed E-state index contributed by atoms with van der Waals surface area (Å²) in [7, 11) is 0. The Kier molecular flexibility index (Phi) is 4.71. The van der Waals surface area contributed by atoms with Crippen molar-refractivity contribution in [1.82, 2.24) is 10.2 Å². The van der Waals surface area contributed by atoms with Gasteiger partial charge in [0.1, 0.15) is 0 Å². The Hall–Kier alpha value is -1.34. The van der Waals surface area contributed by atoms with Crippen molar-refractivity contribution in [3.8, 4) is 0 Å². The molecule has 98 valence electrons. The normalized spacial score (nSPS) is 20.8. The lowest BCUT2D eigenvalue weighted by molar-refractivity contribution is -0.141. The zero-order valence-corrected chi connectivity index (χ0v) is 9.67. The summed E-state index contributed by atoms with van der Waals surface area (Å²) >= 11 is 0. The van der Waals surface area contributed by atoms with E-state index in [9.17, 15) is 19.8 Å². The average Bonchev–Trinajstić information content (AvgIpc) is 2.25. The topological polar surface area (TPSA) is 110 Å². The third kappa shape index (κ3) is 3.86. The minimum Gasteiger partial charge on any atom is -0.480 e. The zero-order chi connectivity index (χ0) is 13.0. The van der Waals surface area contributed by atoms with Gasteiger partial charge in [0.05, 0.1) is 12.2 Å². The number of rotatable bonds is 3. The number of carboxylic acid groups (broad SMARTS) is 1. The van der Waals surface area contributed by atoms with Crippen molar-refractivity contribution in [2.75, 3.05) is 13.1 Å². The predicted octanol–water partition coefficient (Wildman–Crippen LogP) is -1.01. The molecule has 1 saturated heterocycles. The molecule has 0 radical (unpaired) electrons. The van der Waals surface area contributed by atoms with E-state index in [1.807, 2.05) is 0 Å².